The van der Waals surface area contributed by atoms with Gasteiger partial charge in [0.15, 0.2) is 0 Å². The SMILES string of the molecule is OC(c1cc(Cl)cs1)C1CCOC2(CCCC2)C1. The molecule has 2 nitrogen and oxygen atoms in total. The minimum absolute atomic E-state index is 0.0744. The van der Waals surface area contributed by atoms with Crippen LogP contribution in [0.25, 0.3) is 0 Å². The standard InChI is InChI=1S/C14H19ClO2S/c15-11-7-12(18-9-11)13(16)10-3-6-17-14(8-10)4-1-2-5-14/h7,9-10,13,16H,1-6,8H2. The summed E-state index contributed by atoms with van der Waals surface area (Å²) in [5.41, 5.74) is 0.0744. The van der Waals surface area contributed by atoms with E-state index in [0.29, 0.717) is 5.92 Å². The van der Waals surface area contributed by atoms with Crippen molar-refractivity contribution in [3.8, 4) is 0 Å². The van der Waals surface area contributed by atoms with Crippen LogP contribution in [0.2, 0.25) is 5.02 Å². The van der Waals surface area contributed by atoms with Gasteiger partial charge in [-0.1, -0.05) is 24.4 Å². The van der Waals surface area contributed by atoms with E-state index in [9.17, 15) is 5.11 Å². The molecule has 0 radical (unpaired) electrons. The maximum absolute atomic E-state index is 10.5. The van der Waals surface area contributed by atoms with Crippen LogP contribution in [-0.2, 0) is 4.74 Å². The first-order valence-electron chi connectivity index (χ1n) is 6.74. The van der Waals surface area contributed by atoms with Gasteiger partial charge in [0.05, 0.1) is 16.7 Å². The molecule has 1 saturated heterocycles. The van der Waals surface area contributed by atoms with E-state index in [2.05, 4.69) is 0 Å². The average Bonchev–Trinajstić information content (AvgIpc) is 2.98. The lowest BCUT2D eigenvalue weighted by atomic mass is 9.81. The Hall–Kier alpha value is -0.0900. The Bertz CT molecular complexity index is 412. The number of ether oxygens (including phenoxy) is 1. The lowest BCUT2D eigenvalue weighted by Crippen LogP contribution is -2.39. The maximum Gasteiger partial charge on any atom is 0.0912 e. The van der Waals surface area contributed by atoms with Gasteiger partial charge in [0.25, 0.3) is 0 Å². The average molecular weight is 287 g/mol. The number of halogens is 1. The first kappa shape index (κ1) is 12.9. The zero-order valence-corrected chi connectivity index (χ0v) is 12.0. The number of thiophene rings is 1. The largest absolute Gasteiger partial charge is 0.387 e. The second-order valence-corrected chi connectivity index (χ2v) is 6.98. The second-order valence-electron chi connectivity index (χ2n) is 5.60. The van der Waals surface area contributed by atoms with Crippen LogP contribution in [0.15, 0.2) is 11.4 Å². The fourth-order valence-electron chi connectivity index (χ4n) is 3.42. The highest BCUT2D eigenvalue weighted by Gasteiger charge is 2.42. The summed E-state index contributed by atoms with van der Waals surface area (Å²) in [6, 6.07) is 1.90. The van der Waals surface area contributed by atoms with E-state index in [0.717, 1.165) is 29.3 Å². The zero-order valence-electron chi connectivity index (χ0n) is 10.4. The van der Waals surface area contributed by atoms with Gasteiger partial charge in [0, 0.05) is 16.9 Å². The van der Waals surface area contributed by atoms with Crippen molar-refractivity contribution in [1.82, 2.24) is 0 Å². The van der Waals surface area contributed by atoms with Gasteiger partial charge in [-0.15, -0.1) is 11.3 Å². The molecule has 1 aromatic heterocycles. The number of rotatable bonds is 2. The van der Waals surface area contributed by atoms with Crippen molar-refractivity contribution in [2.45, 2.75) is 50.2 Å². The first-order valence-corrected chi connectivity index (χ1v) is 8.00. The van der Waals surface area contributed by atoms with Crippen LogP contribution in [0.5, 0.6) is 0 Å². The van der Waals surface area contributed by atoms with Crippen molar-refractivity contribution in [3.05, 3.63) is 21.3 Å². The molecule has 3 rings (SSSR count). The minimum Gasteiger partial charge on any atom is -0.387 e. The monoisotopic (exact) mass is 286 g/mol. The van der Waals surface area contributed by atoms with E-state index >= 15 is 0 Å². The predicted octanol–water partition coefficient (Wildman–Crippen LogP) is 4.17. The molecule has 100 valence electrons. The van der Waals surface area contributed by atoms with E-state index in [1.54, 1.807) is 11.3 Å². The van der Waals surface area contributed by atoms with Crippen LogP contribution in [0.4, 0.5) is 0 Å². The highest BCUT2D eigenvalue weighted by atomic mass is 35.5. The third-order valence-electron chi connectivity index (χ3n) is 4.37. The summed E-state index contributed by atoms with van der Waals surface area (Å²) in [7, 11) is 0. The van der Waals surface area contributed by atoms with Gasteiger partial charge < -0.3 is 9.84 Å². The van der Waals surface area contributed by atoms with Crippen LogP contribution in [0.3, 0.4) is 0 Å². The Morgan fingerprint density at radius 1 is 1.44 bits per heavy atom. The van der Waals surface area contributed by atoms with Gasteiger partial charge >= 0.3 is 0 Å². The van der Waals surface area contributed by atoms with Gasteiger partial charge in [-0.3, -0.25) is 0 Å². The summed E-state index contributed by atoms with van der Waals surface area (Å²) in [6.07, 6.45) is 6.47. The molecule has 1 aliphatic carbocycles. The molecule has 1 aliphatic heterocycles. The van der Waals surface area contributed by atoms with Crippen molar-refractivity contribution in [3.63, 3.8) is 0 Å². The summed E-state index contributed by atoms with van der Waals surface area (Å²) in [5.74, 6) is 0.326. The molecule has 2 fully saturated rings. The molecule has 1 spiro atoms. The van der Waals surface area contributed by atoms with Crippen molar-refractivity contribution in [2.24, 2.45) is 5.92 Å². The molecule has 18 heavy (non-hydrogen) atoms. The Morgan fingerprint density at radius 3 is 2.89 bits per heavy atom. The van der Waals surface area contributed by atoms with Gasteiger partial charge in [-0.25, -0.2) is 0 Å². The lowest BCUT2D eigenvalue weighted by molar-refractivity contribution is -0.112. The molecule has 2 unspecified atom stereocenters. The number of aliphatic hydroxyl groups is 1. The fourth-order valence-corrected chi connectivity index (χ4v) is 4.58. The van der Waals surface area contributed by atoms with Crippen molar-refractivity contribution in [2.75, 3.05) is 6.61 Å². The summed E-state index contributed by atoms with van der Waals surface area (Å²) >= 11 is 7.50. The van der Waals surface area contributed by atoms with Crippen molar-refractivity contribution >= 4 is 22.9 Å². The summed E-state index contributed by atoms with van der Waals surface area (Å²) in [4.78, 5) is 1.00. The van der Waals surface area contributed by atoms with Gasteiger partial charge in [0.1, 0.15) is 0 Å². The molecule has 2 heterocycles. The molecule has 2 atom stereocenters. The molecule has 0 bridgehead atoms. The van der Waals surface area contributed by atoms with Crippen LogP contribution >= 0.6 is 22.9 Å². The lowest BCUT2D eigenvalue weighted by Gasteiger charge is -2.39. The number of hydrogen-bond donors (Lipinski definition) is 1. The topological polar surface area (TPSA) is 29.5 Å². The van der Waals surface area contributed by atoms with Crippen molar-refractivity contribution < 1.29 is 9.84 Å². The molecular weight excluding hydrogens is 268 g/mol. The van der Waals surface area contributed by atoms with Gasteiger partial charge in [-0.2, -0.15) is 0 Å². The quantitative estimate of drug-likeness (QED) is 0.884. The Morgan fingerprint density at radius 2 is 2.22 bits per heavy atom. The molecule has 0 amide bonds. The molecular formula is C14H19ClO2S. The fraction of sp³-hybridized carbons (Fsp3) is 0.714. The van der Waals surface area contributed by atoms with Gasteiger partial charge in [0.2, 0.25) is 0 Å². The minimum atomic E-state index is -0.371. The van der Waals surface area contributed by atoms with Crippen LogP contribution in [0, 0.1) is 5.92 Å². The maximum atomic E-state index is 10.5. The Balaban J connectivity index is 1.72. The van der Waals surface area contributed by atoms with E-state index in [-0.39, 0.29) is 11.7 Å². The predicted molar refractivity (Wildman–Crippen MR) is 74.2 cm³/mol. The molecule has 1 aromatic rings. The Kier molecular flexibility index (Phi) is 3.68. The highest BCUT2D eigenvalue weighted by Crippen LogP contribution is 2.46. The summed E-state index contributed by atoms with van der Waals surface area (Å²) in [6.45, 7) is 0.792. The molecule has 0 aromatic carbocycles. The van der Waals surface area contributed by atoms with E-state index < -0.39 is 0 Å². The molecule has 1 saturated carbocycles. The third kappa shape index (κ3) is 2.46. The molecule has 4 heteroatoms. The first-order chi connectivity index (χ1) is 8.69. The van der Waals surface area contributed by atoms with Crippen LogP contribution in [-0.4, -0.2) is 17.3 Å². The highest BCUT2D eigenvalue weighted by molar-refractivity contribution is 7.10. The van der Waals surface area contributed by atoms with Crippen LogP contribution < -0.4 is 0 Å². The van der Waals surface area contributed by atoms with E-state index in [1.165, 1.54) is 25.7 Å². The number of hydrogen-bond acceptors (Lipinski definition) is 3. The summed E-state index contributed by atoms with van der Waals surface area (Å²) < 4.78 is 6.01. The normalized spacial score (nSPS) is 28.7. The Labute approximate surface area is 117 Å². The van der Waals surface area contributed by atoms with E-state index in [1.807, 2.05) is 11.4 Å². The smallest absolute Gasteiger partial charge is 0.0912 e. The molecule has 2 aliphatic rings. The third-order valence-corrected chi connectivity index (χ3v) is 5.72. The number of aliphatic hydroxyl groups excluding tert-OH is 1. The second kappa shape index (κ2) is 5.12. The van der Waals surface area contributed by atoms with E-state index in [4.69, 9.17) is 16.3 Å². The molecule has 1 N–H and O–H groups in total. The van der Waals surface area contributed by atoms with Crippen LogP contribution in [0.1, 0.15) is 49.5 Å². The zero-order chi connectivity index (χ0) is 12.6. The van der Waals surface area contributed by atoms with Crippen molar-refractivity contribution in [1.29, 1.82) is 0 Å². The summed E-state index contributed by atoms with van der Waals surface area (Å²) in [5, 5.41) is 13.1. The van der Waals surface area contributed by atoms with Gasteiger partial charge in [-0.05, 0) is 37.7 Å².